The molecule has 0 amide bonds. The van der Waals surface area contributed by atoms with E-state index < -0.39 is 0 Å². The minimum atomic E-state index is 0.590. The van der Waals surface area contributed by atoms with E-state index in [1.807, 2.05) is 0 Å². The van der Waals surface area contributed by atoms with Crippen LogP contribution in [-0.2, 0) is 6.54 Å². The molecule has 0 atom stereocenters. The monoisotopic (exact) mass is 237 g/mol. The Morgan fingerprint density at radius 1 is 0.833 bits per heavy atom. The predicted octanol–water partition coefficient (Wildman–Crippen LogP) is 3.93. The lowest BCUT2D eigenvalue weighted by Gasteiger charge is -2.02. The van der Waals surface area contributed by atoms with Crippen LogP contribution in [0.3, 0.4) is 0 Å². The molecular weight excluding hydrogens is 218 g/mol. The van der Waals surface area contributed by atoms with Gasteiger partial charge in [0.25, 0.3) is 0 Å². The van der Waals surface area contributed by atoms with Crippen LogP contribution in [0, 0.1) is 13.8 Å². The van der Waals surface area contributed by atoms with Crippen LogP contribution in [0.1, 0.15) is 27.8 Å². The van der Waals surface area contributed by atoms with E-state index in [1.54, 1.807) is 0 Å². The average molecular weight is 237 g/mol. The molecule has 0 heterocycles. The van der Waals surface area contributed by atoms with E-state index >= 15 is 0 Å². The molecule has 0 bridgehead atoms. The van der Waals surface area contributed by atoms with Crippen LogP contribution in [0.2, 0.25) is 0 Å². The molecule has 0 saturated heterocycles. The maximum atomic E-state index is 5.69. The molecule has 0 radical (unpaired) electrons. The Morgan fingerprint density at radius 2 is 1.50 bits per heavy atom. The highest BCUT2D eigenvalue weighted by Gasteiger charge is 1.95. The van der Waals surface area contributed by atoms with Gasteiger partial charge in [0.2, 0.25) is 0 Å². The van der Waals surface area contributed by atoms with Crippen LogP contribution >= 0.6 is 0 Å². The highest BCUT2D eigenvalue weighted by molar-refractivity contribution is 5.70. The lowest BCUT2D eigenvalue weighted by molar-refractivity contribution is 1.06. The standard InChI is InChI=1S/C17H19N/c1-13-3-5-15(6-4-13)7-8-16-9-14(2)10-17(11-16)12-18/h3-11H,12,18H2,1-2H3/b8-7+. The Kier molecular flexibility index (Phi) is 3.96. The number of hydrogen-bond donors (Lipinski definition) is 1. The molecule has 2 aromatic carbocycles. The zero-order valence-electron chi connectivity index (χ0n) is 11.0. The quantitative estimate of drug-likeness (QED) is 0.804. The molecule has 18 heavy (non-hydrogen) atoms. The summed E-state index contributed by atoms with van der Waals surface area (Å²) in [5, 5.41) is 0. The molecular formula is C17H19N. The molecule has 1 heteroatoms. The summed E-state index contributed by atoms with van der Waals surface area (Å²) in [5.74, 6) is 0. The van der Waals surface area contributed by atoms with Crippen molar-refractivity contribution in [3.8, 4) is 0 Å². The predicted molar refractivity (Wildman–Crippen MR) is 79.2 cm³/mol. The molecule has 0 spiro atoms. The fourth-order valence-electron chi connectivity index (χ4n) is 1.98. The zero-order valence-corrected chi connectivity index (χ0v) is 11.0. The van der Waals surface area contributed by atoms with Crippen LogP contribution in [0.4, 0.5) is 0 Å². The van der Waals surface area contributed by atoms with Gasteiger partial charge in [0, 0.05) is 6.54 Å². The van der Waals surface area contributed by atoms with Gasteiger partial charge in [-0.15, -0.1) is 0 Å². The van der Waals surface area contributed by atoms with Gasteiger partial charge in [-0.1, -0.05) is 65.7 Å². The van der Waals surface area contributed by atoms with Crippen LogP contribution < -0.4 is 5.73 Å². The summed E-state index contributed by atoms with van der Waals surface area (Å²) in [7, 11) is 0. The molecule has 0 aliphatic heterocycles. The highest BCUT2D eigenvalue weighted by atomic mass is 14.5. The van der Waals surface area contributed by atoms with Gasteiger partial charge in [0.05, 0.1) is 0 Å². The van der Waals surface area contributed by atoms with Crippen molar-refractivity contribution in [2.45, 2.75) is 20.4 Å². The number of aryl methyl sites for hydroxylation is 2. The molecule has 2 N–H and O–H groups in total. The van der Waals surface area contributed by atoms with Crippen LogP contribution in [0.5, 0.6) is 0 Å². The van der Waals surface area contributed by atoms with E-state index in [-0.39, 0.29) is 0 Å². The SMILES string of the molecule is Cc1ccc(/C=C/c2cc(C)cc(CN)c2)cc1. The summed E-state index contributed by atoms with van der Waals surface area (Å²) in [4.78, 5) is 0. The van der Waals surface area contributed by atoms with Gasteiger partial charge in [-0.2, -0.15) is 0 Å². The summed E-state index contributed by atoms with van der Waals surface area (Å²) in [6.45, 7) is 4.79. The molecule has 1 nitrogen and oxygen atoms in total. The first kappa shape index (κ1) is 12.6. The molecule has 0 fully saturated rings. The largest absolute Gasteiger partial charge is 0.326 e. The summed E-state index contributed by atoms with van der Waals surface area (Å²) in [6, 6.07) is 14.9. The second-order valence-electron chi connectivity index (χ2n) is 4.70. The molecule has 0 aromatic heterocycles. The van der Waals surface area contributed by atoms with E-state index in [0.29, 0.717) is 6.54 Å². The first-order valence-corrected chi connectivity index (χ1v) is 6.23. The third-order valence-corrected chi connectivity index (χ3v) is 2.94. The Balaban J connectivity index is 2.22. The van der Waals surface area contributed by atoms with Gasteiger partial charge in [-0.25, -0.2) is 0 Å². The van der Waals surface area contributed by atoms with E-state index in [9.17, 15) is 0 Å². The molecule has 92 valence electrons. The van der Waals surface area contributed by atoms with E-state index in [0.717, 1.165) is 0 Å². The second-order valence-corrected chi connectivity index (χ2v) is 4.70. The van der Waals surface area contributed by atoms with Crippen molar-refractivity contribution < 1.29 is 0 Å². The first-order valence-electron chi connectivity index (χ1n) is 6.23. The lowest BCUT2D eigenvalue weighted by atomic mass is 10.0. The second kappa shape index (κ2) is 5.65. The molecule has 0 unspecified atom stereocenters. The maximum absolute atomic E-state index is 5.69. The highest BCUT2D eigenvalue weighted by Crippen LogP contribution is 2.13. The lowest BCUT2D eigenvalue weighted by Crippen LogP contribution is -1.96. The first-order chi connectivity index (χ1) is 8.67. The Morgan fingerprint density at radius 3 is 2.17 bits per heavy atom. The fourth-order valence-corrected chi connectivity index (χ4v) is 1.98. The van der Waals surface area contributed by atoms with Crippen molar-refractivity contribution >= 4 is 12.2 Å². The van der Waals surface area contributed by atoms with Crippen LogP contribution in [0.25, 0.3) is 12.2 Å². The average Bonchev–Trinajstić information content (AvgIpc) is 2.37. The summed E-state index contributed by atoms with van der Waals surface area (Å²) in [5.41, 5.74) is 11.8. The number of rotatable bonds is 3. The van der Waals surface area contributed by atoms with Crippen molar-refractivity contribution in [1.29, 1.82) is 0 Å². The van der Waals surface area contributed by atoms with Crippen molar-refractivity contribution in [3.63, 3.8) is 0 Å². The molecule has 0 saturated carbocycles. The minimum absolute atomic E-state index is 0.590. The van der Waals surface area contributed by atoms with Crippen LogP contribution in [-0.4, -0.2) is 0 Å². The smallest absolute Gasteiger partial charge is 0.0178 e. The van der Waals surface area contributed by atoms with E-state index in [2.05, 4.69) is 68.5 Å². The van der Waals surface area contributed by atoms with Gasteiger partial charge in [-0.3, -0.25) is 0 Å². The zero-order chi connectivity index (χ0) is 13.0. The van der Waals surface area contributed by atoms with Crippen molar-refractivity contribution in [2.24, 2.45) is 5.73 Å². The maximum Gasteiger partial charge on any atom is 0.0178 e. The number of nitrogens with two attached hydrogens (primary N) is 1. The third kappa shape index (κ3) is 3.31. The fraction of sp³-hybridized carbons (Fsp3) is 0.176. The minimum Gasteiger partial charge on any atom is -0.326 e. The molecule has 2 rings (SSSR count). The number of hydrogen-bond acceptors (Lipinski definition) is 1. The van der Waals surface area contributed by atoms with Crippen LogP contribution in [0.15, 0.2) is 42.5 Å². The van der Waals surface area contributed by atoms with E-state index in [1.165, 1.54) is 27.8 Å². The van der Waals surface area contributed by atoms with Crippen molar-refractivity contribution in [2.75, 3.05) is 0 Å². The van der Waals surface area contributed by atoms with Gasteiger partial charge in [-0.05, 0) is 30.5 Å². The Labute approximate surface area is 109 Å². The number of benzene rings is 2. The summed E-state index contributed by atoms with van der Waals surface area (Å²) in [6.07, 6.45) is 4.27. The van der Waals surface area contributed by atoms with Gasteiger partial charge in [0.15, 0.2) is 0 Å². The Hall–Kier alpha value is -1.86. The van der Waals surface area contributed by atoms with Gasteiger partial charge in [0.1, 0.15) is 0 Å². The summed E-state index contributed by atoms with van der Waals surface area (Å²) < 4.78 is 0. The topological polar surface area (TPSA) is 26.0 Å². The Bertz CT molecular complexity index is 550. The van der Waals surface area contributed by atoms with Crippen molar-refractivity contribution in [1.82, 2.24) is 0 Å². The van der Waals surface area contributed by atoms with E-state index in [4.69, 9.17) is 5.73 Å². The van der Waals surface area contributed by atoms with Crippen molar-refractivity contribution in [3.05, 3.63) is 70.3 Å². The van der Waals surface area contributed by atoms with Gasteiger partial charge >= 0.3 is 0 Å². The molecule has 2 aromatic rings. The van der Waals surface area contributed by atoms with Gasteiger partial charge < -0.3 is 5.73 Å². The molecule has 0 aliphatic rings. The molecule has 0 aliphatic carbocycles. The third-order valence-electron chi connectivity index (χ3n) is 2.94. The summed E-state index contributed by atoms with van der Waals surface area (Å²) >= 11 is 0. The normalized spacial score (nSPS) is 11.1.